The lowest BCUT2D eigenvalue weighted by atomic mass is 9.78. The number of fused-ring (bicyclic) bond motifs is 1. The number of rotatable bonds is 5. The SMILES string of the molecule is COc1ccc(/C=C/C(=O)Nc2nc3c(s2)C(=O)CC(C)(C)C3)cc1OC. The van der Waals surface area contributed by atoms with Crippen molar-refractivity contribution in [2.75, 3.05) is 19.5 Å². The van der Waals surface area contributed by atoms with Gasteiger partial charge in [0, 0.05) is 12.5 Å². The molecule has 0 unspecified atom stereocenters. The lowest BCUT2D eigenvalue weighted by Crippen LogP contribution is -2.26. The van der Waals surface area contributed by atoms with Gasteiger partial charge in [-0.25, -0.2) is 4.98 Å². The summed E-state index contributed by atoms with van der Waals surface area (Å²) in [5.74, 6) is 1.01. The number of hydrogen-bond donors (Lipinski definition) is 1. The quantitative estimate of drug-likeness (QED) is 0.787. The molecular formula is C20H22N2O4S. The molecule has 1 heterocycles. The van der Waals surface area contributed by atoms with Crippen molar-refractivity contribution in [1.82, 2.24) is 4.98 Å². The Morgan fingerprint density at radius 1 is 1.22 bits per heavy atom. The largest absolute Gasteiger partial charge is 0.493 e. The number of carbonyl (C=O) groups is 2. The first kappa shape index (κ1) is 19.1. The number of Topliss-reactive ketones (excluding diaryl/α,β-unsaturated/α-hetero) is 1. The summed E-state index contributed by atoms with van der Waals surface area (Å²) in [6.07, 6.45) is 4.35. The molecule has 3 rings (SSSR count). The van der Waals surface area contributed by atoms with Gasteiger partial charge in [-0.1, -0.05) is 31.3 Å². The normalized spacial score (nSPS) is 15.5. The minimum absolute atomic E-state index is 0.0905. The first-order chi connectivity index (χ1) is 12.8. The second kappa shape index (κ2) is 7.52. The third-order valence-corrected chi connectivity index (χ3v) is 5.35. The van der Waals surface area contributed by atoms with E-state index in [2.05, 4.69) is 24.1 Å². The van der Waals surface area contributed by atoms with E-state index in [1.165, 1.54) is 17.4 Å². The Labute approximate surface area is 162 Å². The summed E-state index contributed by atoms with van der Waals surface area (Å²) in [6.45, 7) is 4.11. The topological polar surface area (TPSA) is 77.5 Å². The molecule has 0 saturated carbocycles. The number of anilines is 1. The van der Waals surface area contributed by atoms with Crippen molar-refractivity contribution in [1.29, 1.82) is 0 Å². The highest BCUT2D eigenvalue weighted by atomic mass is 32.1. The Kier molecular flexibility index (Phi) is 5.32. The van der Waals surface area contributed by atoms with E-state index >= 15 is 0 Å². The molecule has 142 valence electrons. The number of aromatic nitrogens is 1. The van der Waals surface area contributed by atoms with Crippen LogP contribution in [0.4, 0.5) is 5.13 Å². The zero-order valence-electron chi connectivity index (χ0n) is 15.8. The maximum Gasteiger partial charge on any atom is 0.250 e. The molecule has 27 heavy (non-hydrogen) atoms. The Balaban J connectivity index is 1.70. The summed E-state index contributed by atoms with van der Waals surface area (Å²) in [5.41, 5.74) is 1.49. The molecule has 0 radical (unpaired) electrons. The predicted octanol–water partition coefficient (Wildman–Crippen LogP) is 3.97. The molecule has 1 aliphatic carbocycles. The molecular weight excluding hydrogens is 364 g/mol. The monoisotopic (exact) mass is 386 g/mol. The number of carbonyl (C=O) groups excluding carboxylic acids is 2. The molecule has 2 aromatic rings. The molecule has 1 aromatic carbocycles. The van der Waals surface area contributed by atoms with Gasteiger partial charge in [0.25, 0.3) is 0 Å². The number of ketones is 1. The van der Waals surface area contributed by atoms with Crippen LogP contribution in [0.25, 0.3) is 6.08 Å². The van der Waals surface area contributed by atoms with Crippen LogP contribution in [0.15, 0.2) is 24.3 Å². The van der Waals surface area contributed by atoms with E-state index in [4.69, 9.17) is 9.47 Å². The van der Waals surface area contributed by atoms with Gasteiger partial charge in [-0.3, -0.25) is 14.9 Å². The van der Waals surface area contributed by atoms with Gasteiger partial charge in [0.1, 0.15) is 0 Å². The number of benzene rings is 1. The fourth-order valence-electron chi connectivity index (χ4n) is 3.05. The summed E-state index contributed by atoms with van der Waals surface area (Å²) in [4.78, 5) is 29.6. The predicted molar refractivity (Wildman–Crippen MR) is 106 cm³/mol. The summed E-state index contributed by atoms with van der Waals surface area (Å²) in [7, 11) is 3.13. The van der Waals surface area contributed by atoms with E-state index in [0.29, 0.717) is 27.9 Å². The van der Waals surface area contributed by atoms with Crippen LogP contribution < -0.4 is 14.8 Å². The highest BCUT2D eigenvalue weighted by molar-refractivity contribution is 7.17. The minimum Gasteiger partial charge on any atom is -0.493 e. The Hall–Kier alpha value is -2.67. The smallest absolute Gasteiger partial charge is 0.250 e. The highest BCUT2D eigenvalue weighted by Gasteiger charge is 2.33. The first-order valence-electron chi connectivity index (χ1n) is 8.55. The Morgan fingerprint density at radius 2 is 1.96 bits per heavy atom. The summed E-state index contributed by atoms with van der Waals surface area (Å²) in [5, 5.41) is 3.19. The van der Waals surface area contributed by atoms with Gasteiger partial charge in [-0.2, -0.15) is 0 Å². The molecule has 1 aromatic heterocycles. The molecule has 6 nitrogen and oxygen atoms in total. The van der Waals surface area contributed by atoms with Crippen LogP contribution in [0.2, 0.25) is 0 Å². The van der Waals surface area contributed by atoms with Gasteiger partial charge in [-0.15, -0.1) is 0 Å². The van der Waals surface area contributed by atoms with Crippen molar-refractivity contribution in [2.24, 2.45) is 5.41 Å². The highest BCUT2D eigenvalue weighted by Crippen LogP contribution is 2.38. The number of amides is 1. The van der Waals surface area contributed by atoms with Crippen LogP contribution in [-0.2, 0) is 11.2 Å². The lowest BCUT2D eigenvalue weighted by Gasteiger charge is -2.26. The van der Waals surface area contributed by atoms with Gasteiger partial charge >= 0.3 is 0 Å². The molecule has 0 atom stereocenters. The van der Waals surface area contributed by atoms with Gasteiger partial charge in [-0.05, 0) is 35.6 Å². The molecule has 0 saturated heterocycles. The van der Waals surface area contributed by atoms with Crippen molar-refractivity contribution in [3.63, 3.8) is 0 Å². The van der Waals surface area contributed by atoms with Crippen molar-refractivity contribution < 1.29 is 19.1 Å². The van der Waals surface area contributed by atoms with E-state index in [0.717, 1.165) is 17.7 Å². The van der Waals surface area contributed by atoms with Crippen molar-refractivity contribution in [3.8, 4) is 11.5 Å². The van der Waals surface area contributed by atoms with E-state index in [1.807, 2.05) is 6.07 Å². The van der Waals surface area contributed by atoms with Crippen LogP contribution in [0.5, 0.6) is 11.5 Å². The fraction of sp³-hybridized carbons (Fsp3) is 0.350. The molecule has 0 aliphatic heterocycles. The third-order valence-electron chi connectivity index (χ3n) is 4.30. The van der Waals surface area contributed by atoms with Crippen molar-refractivity contribution in [3.05, 3.63) is 40.4 Å². The standard InChI is InChI=1S/C20H22N2O4S/c1-20(2)10-13-18(14(23)11-20)27-19(21-13)22-17(24)8-6-12-5-7-15(25-3)16(9-12)26-4/h5-9H,10-11H2,1-4H3,(H,21,22,24)/b8-6+. The average molecular weight is 386 g/mol. The molecule has 0 spiro atoms. The maximum absolute atomic E-state index is 12.2. The van der Waals surface area contributed by atoms with Crippen LogP contribution >= 0.6 is 11.3 Å². The summed E-state index contributed by atoms with van der Waals surface area (Å²) < 4.78 is 10.4. The second-order valence-corrected chi connectivity index (χ2v) is 8.17. The van der Waals surface area contributed by atoms with E-state index in [1.54, 1.807) is 32.4 Å². The molecule has 1 N–H and O–H groups in total. The lowest BCUT2D eigenvalue weighted by molar-refractivity contribution is -0.111. The second-order valence-electron chi connectivity index (χ2n) is 7.17. The van der Waals surface area contributed by atoms with Gasteiger partial charge in [0.05, 0.1) is 24.8 Å². The number of ether oxygens (including phenoxy) is 2. The number of nitrogens with one attached hydrogen (secondary N) is 1. The average Bonchev–Trinajstić information content (AvgIpc) is 3.00. The molecule has 0 bridgehead atoms. The van der Waals surface area contributed by atoms with Crippen LogP contribution in [0.3, 0.4) is 0 Å². The van der Waals surface area contributed by atoms with Gasteiger partial charge in [0.15, 0.2) is 22.4 Å². The van der Waals surface area contributed by atoms with Crippen LogP contribution in [0.1, 0.15) is 41.2 Å². The minimum atomic E-state index is -0.303. The number of thiazole rings is 1. The summed E-state index contributed by atoms with van der Waals surface area (Å²) >= 11 is 1.24. The summed E-state index contributed by atoms with van der Waals surface area (Å²) in [6, 6.07) is 5.39. The molecule has 1 amide bonds. The fourth-order valence-corrected chi connectivity index (χ4v) is 3.97. The van der Waals surface area contributed by atoms with Crippen LogP contribution in [-0.4, -0.2) is 30.9 Å². The van der Waals surface area contributed by atoms with Gasteiger partial charge < -0.3 is 9.47 Å². The number of nitrogens with zero attached hydrogens (tertiary/aromatic N) is 1. The van der Waals surface area contributed by atoms with Crippen LogP contribution in [0, 0.1) is 5.41 Å². The number of methoxy groups -OCH3 is 2. The Morgan fingerprint density at radius 3 is 2.67 bits per heavy atom. The van der Waals surface area contributed by atoms with Gasteiger partial charge in [0.2, 0.25) is 5.91 Å². The number of hydrogen-bond acceptors (Lipinski definition) is 6. The third kappa shape index (κ3) is 4.36. The zero-order valence-corrected chi connectivity index (χ0v) is 16.6. The Bertz CT molecular complexity index is 915. The van der Waals surface area contributed by atoms with Crippen molar-refractivity contribution >= 4 is 34.2 Å². The molecule has 1 aliphatic rings. The zero-order chi connectivity index (χ0) is 19.6. The van der Waals surface area contributed by atoms with E-state index in [-0.39, 0.29) is 17.1 Å². The maximum atomic E-state index is 12.2. The van der Waals surface area contributed by atoms with E-state index < -0.39 is 0 Å². The molecule has 7 heteroatoms. The molecule has 0 fully saturated rings. The van der Waals surface area contributed by atoms with E-state index in [9.17, 15) is 9.59 Å². The van der Waals surface area contributed by atoms with Crippen molar-refractivity contribution in [2.45, 2.75) is 26.7 Å². The first-order valence-corrected chi connectivity index (χ1v) is 9.37.